The molecule has 4 aromatic heterocycles. The number of fused-ring (bicyclic) bond motifs is 9. The lowest BCUT2D eigenvalue weighted by atomic mass is 9.93. The minimum absolute atomic E-state index is 0.604. The molecule has 0 atom stereocenters. The Morgan fingerprint density at radius 1 is 0.316 bits per heavy atom. The molecule has 0 N–H and O–H groups in total. The Labute approximate surface area is 335 Å². The molecule has 6 heteroatoms. The van der Waals surface area contributed by atoms with Gasteiger partial charge in [-0.1, -0.05) is 133 Å². The summed E-state index contributed by atoms with van der Waals surface area (Å²) in [6.45, 7) is 0. The zero-order valence-corrected chi connectivity index (χ0v) is 31.9. The van der Waals surface area contributed by atoms with E-state index < -0.39 is 0 Å². The van der Waals surface area contributed by atoms with Crippen molar-refractivity contribution >= 4 is 85.0 Å². The number of hydrogen-bond donors (Lipinski definition) is 0. The SMILES string of the molecule is c1ccc(-c2nc(-c3ccccc3)nc(-c3cccc4oc5ccc(-c6cccc7sc8cccc(-c9ccc%10c(c9)sc9ccccc9%10)c8c67)cc5c34)n2)cc1. The fraction of sp³-hybridized carbons (Fsp3) is 0. The van der Waals surface area contributed by atoms with Crippen LogP contribution in [0.4, 0.5) is 0 Å². The lowest BCUT2D eigenvalue weighted by molar-refractivity contribution is 0.669. The third-order valence-electron chi connectivity index (χ3n) is 11.0. The summed E-state index contributed by atoms with van der Waals surface area (Å²) in [4.78, 5) is 15.1. The summed E-state index contributed by atoms with van der Waals surface area (Å²) in [5, 5.41) is 7.20. The summed E-state index contributed by atoms with van der Waals surface area (Å²) in [6.07, 6.45) is 0. The van der Waals surface area contributed by atoms with Crippen molar-refractivity contribution in [2.75, 3.05) is 0 Å². The number of furan rings is 1. The van der Waals surface area contributed by atoms with E-state index >= 15 is 0 Å². The van der Waals surface area contributed by atoms with Crippen molar-refractivity contribution in [1.29, 1.82) is 0 Å². The normalized spacial score (nSPS) is 11.9. The predicted molar refractivity (Wildman–Crippen MR) is 240 cm³/mol. The van der Waals surface area contributed by atoms with Crippen molar-refractivity contribution in [2.24, 2.45) is 0 Å². The molecule has 4 nitrogen and oxygen atoms in total. The van der Waals surface area contributed by atoms with Crippen molar-refractivity contribution in [3.8, 4) is 56.4 Å². The van der Waals surface area contributed by atoms with Crippen LogP contribution in [0.25, 0.3) is 119 Å². The van der Waals surface area contributed by atoms with Gasteiger partial charge in [0.25, 0.3) is 0 Å². The first-order valence-corrected chi connectivity index (χ1v) is 20.6. The molecule has 57 heavy (non-hydrogen) atoms. The van der Waals surface area contributed by atoms with Gasteiger partial charge in [-0.05, 0) is 64.7 Å². The fourth-order valence-electron chi connectivity index (χ4n) is 8.35. The van der Waals surface area contributed by atoms with E-state index in [0.717, 1.165) is 44.2 Å². The monoisotopic (exact) mass is 763 g/mol. The van der Waals surface area contributed by atoms with Crippen LogP contribution in [0.1, 0.15) is 0 Å². The molecule has 0 saturated carbocycles. The van der Waals surface area contributed by atoms with Crippen LogP contribution in [-0.2, 0) is 0 Å². The van der Waals surface area contributed by atoms with Crippen LogP contribution in [0, 0.1) is 0 Å². The number of hydrogen-bond acceptors (Lipinski definition) is 6. The van der Waals surface area contributed by atoms with Crippen molar-refractivity contribution in [3.63, 3.8) is 0 Å². The molecule has 0 aliphatic rings. The van der Waals surface area contributed by atoms with Crippen molar-refractivity contribution in [2.45, 2.75) is 0 Å². The van der Waals surface area contributed by atoms with Crippen molar-refractivity contribution < 1.29 is 4.42 Å². The van der Waals surface area contributed by atoms with Gasteiger partial charge in [-0.2, -0.15) is 0 Å². The summed E-state index contributed by atoms with van der Waals surface area (Å²) in [5.74, 6) is 1.86. The first-order valence-electron chi connectivity index (χ1n) is 18.9. The van der Waals surface area contributed by atoms with E-state index in [1.54, 1.807) is 0 Å². The summed E-state index contributed by atoms with van der Waals surface area (Å²) in [6, 6.07) is 62.0. The van der Waals surface area contributed by atoms with Crippen LogP contribution < -0.4 is 0 Å². The van der Waals surface area contributed by atoms with Crippen LogP contribution >= 0.6 is 22.7 Å². The molecule has 0 radical (unpaired) electrons. The Morgan fingerprint density at radius 2 is 0.860 bits per heavy atom. The first-order chi connectivity index (χ1) is 28.2. The van der Waals surface area contributed by atoms with Gasteiger partial charge in [0.05, 0.1) is 0 Å². The molecule has 0 fully saturated rings. The standard InChI is InChI=1S/C51H29N3OS2/c1-3-12-30(13-4-1)49-52-50(31-14-5-2-6-15-31)54-51(53-49)38-19-9-20-41-46(38)39-28-32(25-27-40(39)55-41)34-17-10-22-43-47(34)48-35(18-11-23-44(48)57-43)33-24-26-37-36-16-7-8-21-42(36)56-45(37)29-33/h1-29H. The molecule has 0 spiro atoms. The van der Waals surface area contributed by atoms with E-state index in [2.05, 4.69) is 103 Å². The number of benzene rings is 8. The Hall–Kier alpha value is -6.99. The second kappa shape index (κ2) is 12.8. The maximum atomic E-state index is 6.54. The van der Waals surface area contributed by atoms with Gasteiger partial charge >= 0.3 is 0 Å². The van der Waals surface area contributed by atoms with Crippen molar-refractivity contribution in [1.82, 2.24) is 15.0 Å². The third-order valence-corrected chi connectivity index (χ3v) is 13.2. The van der Waals surface area contributed by atoms with Crippen LogP contribution in [-0.4, -0.2) is 15.0 Å². The van der Waals surface area contributed by atoms with Crippen molar-refractivity contribution in [3.05, 3.63) is 176 Å². The quantitative estimate of drug-likeness (QED) is 0.175. The van der Waals surface area contributed by atoms with E-state index in [9.17, 15) is 0 Å². The molecule has 0 amide bonds. The van der Waals surface area contributed by atoms with Crippen LogP contribution in [0.3, 0.4) is 0 Å². The van der Waals surface area contributed by atoms with Gasteiger partial charge in [0.2, 0.25) is 0 Å². The Kier molecular flexibility index (Phi) is 7.24. The Bertz CT molecular complexity index is 3470. The average molecular weight is 764 g/mol. The van der Waals surface area contributed by atoms with Crippen LogP contribution in [0.2, 0.25) is 0 Å². The lowest BCUT2D eigenvalue weighted by Gasteiger charge is -2.10. The van der Waals surface area contributed by atoms with Gasteiger partial charge in [0.1, 0.15) is 11.2 Å². The summed E-state index contributed by atoms with van der Waals surface area (Å²) in [7, 11) is 0. The second-order valence-corrected chi connectivity index (χ2v) is 16.5. The molecule has 0 bridgehead atoms. The lowest BCUT2D eigenvalue weighted by Crippen LogP contribution is -2.00. The molecular formula is C51H29N3OS2. The fourth-order valence-corrected chi connectivity index (χ4v) is 10.7. The number of aromatic nitrogens is 3. The minimum Gasteiger partial charge on any atom is -0.456 e. The van der Waals surface area contributed by atoms with Gasteiger partial charge in [-0.3, -0.25) is 0 Å². The highest BCUT2D eigenvalue weighted by molar-refractivity contribution is 7.26. The zero-order valence-electron chi connectivity index (χ0n) is 30.3. The predicted octanol–water partition coefficient (Wildman–Crippen LogP) is 14.8. The molecule has 12 aromatic rings. The second-order valence-electron chi connectivity index (χ2n) is 14.3. The zero-order chi connectivity index (χ0) is 37.5. The molecule has 0 aliphatic carbocycles. The third kappa shape index (κ3) is 5.22. The molecular weight excluding hydrogens is 735 g/mol. The Balaban J connectivity index is 1.06. The molecule has 266 valence electrons. The number of rotatable bonds is 5. The maximum Gasteiger partial charge on any atom is 0.164 e. The van der Waals surface area contributed by atoms with Gasteiger partial charge in [-0.15, -0.1) is 22.7 Å². The van der Waals surface area contributed by atoms with E-state index in [0.29, 0.717) is 17.5 Å². The Morgan fingerprint density at radius 3 is 1.58 bits per heavy atom. The van der Waals surface area contributed by atoms with Gasteiger partial charge < -0.3 is 4.42 Å². The van der Waals surface area contributed by atoms with Crippen LogP contribution in [0.15, 0.2) is 180 Å². The summed E-state index contributed by atoms with van der Waals surface area (Å²) < 4.78 is 11.7. The molecule has 0 unspecified atom stereocenters. The molecule has 8 aromatic carbocycles. The molecule has 0 saturated heterocycles. The van der Waals surface area contributed by atoms with Gasteiger partial charge in [-0.25, -0.2) is 15.0 Å². The number of nitrogens with zero attached hydrogens (tertiary/aromatic N) is 3. The average Bonchev–Trinajstić information content (AvgIpc) is 3.97. The molecule has 12 rings (SSSR count). The van der Waals surface area contributed by atoms with Gasteiger partial charge in [0, 0.05) is 67.8 Å². The van der Waals surface area contributed by atoms with Crippen LogP contribution in [0.5, 0.6) is 0 Å². The number of thiophene rings is 2. The topological polar surface area (TPSA) is 51.8 Å². The minimum atomic E-state index is 0.604. The molecule has 4 heterocycles. The van der Waals surface area contributed by atoms with E-state index in [-0.39, 0.29) is 0 Å². The van der Waals surface area contributed by atoms with E-state index in [1.807, 2.05) is 95.5 Å². The highest BCUT2D eigenvalue weighted by Gasteiger charge is 2.20. The molecule has 0 aliphatic heterocycles. The smallest absolute Gasteiger partial charge is 0.164 e. The highest BCUT2D eigenvalue weighted by atomic mass is 32.1. The van der Waals surface area contributed by atoms with Gasteiger partial charge in [0.15, 0.2) is 17.5 Å². The van der Waals surface area contributed by atoms with E-state index in [1.165, 1.54) is 57.0 Å². The maximum absolute atomic E-state index is 6.54. The first kappa shape index (κ1) is 32.3. The summed E-state index contributed by atoms with van der Waals surface area (Å²) >= 11 is 3.72. The largest absolute Gasteiger partial charge is 0.456 e. The summed E-state index contributed by atoms with van der Waals surface area (Å²) in [5.41, 5.74) is 9.19. The van der Waals surface area contributed by atoms with E-state index in [4.69, 9.17) is 19.4 Å². The highest BCUT2D eigenvalue weighted by Crippen LogP contribution is 2.47.